The van der Waals surface area contributed by atoms with Crippen LogP contribution in [0, 0.1) is 5.82 Å². The molecule has 1 rings (SSSR count). The minimum atomic E-state index is -0.195. The zero-order valence-corrected chi connectivity index (χ0v) is 13.7. The highest BCUT2D eigenvalue weighted by atomic mass is 19.1. The molecular weight excluding hydrogens is 265 g/mol. The van der Waals surface area contributed by atoms with Crippen molar-refractivity contribution >= 4 is 0 Å². The number of rotatable bonds is 10. The van der Waals surface area contributed by atoms with Gasteiger partial charge in [-0.05, 0) is 50.3 Å². The summed E-state index contributed by atoms with van der Waals surface area (Å²) >= 11 is 0. The van der Waals surface area contributed by atoms with Crippen molar-refractivity contribution in [1.29, 1.82) is 0 Å². The van der Waals surface area contributed by atoms with Crippen molar-refractivity contribution in [2.24, 2.45) is 5.73 Å². The average Bonchev–Trinajstić information content (AvgIpc) is 2.52. The minimum absolute atomic E-state index is 0.173. The molecular formula is C17H30FN3. The molecule has 0 saturated carbocycles. The van der Waals surface area contributed by atoms with Crippen molar-refractivity contribution in [1.82, 2.24) is 9.80 Å². The number of nitrogens with zero attached hydrogens (tertiary/aromatic N) is 2. The van der Waals surface area contributed by atoms with Crippen LogP contribution in [-0.4, -0.2) is 49.1 Å². The zero-order valence-electron chi connectivity index (χ0n) is 13.7. The highest BCUT2D eigenvalue weighted by Gasteiger charge is 2.17. The Bertz CT molecular complexity index is 376. The van der Waals surface area contributed by atoms with Gasteiger partial charge in [-0.25, -0.2) is 4.39 Å². The number of likely N-dealkylation sites (N-methyl/N-ethyl adjacent to an activating group) is 1. The first-order valence-electron chi connectivity index (χ1n) is 8.08. The third kappa shape index (κ3) is 5.73. The Hall–Kier alpha value is -0.970. The van der Waals surface area contributed by atoms with Crippen LogP contribution in [0.25, 0.3) is 0 Å². The van der Waals surface area contributed by atoms with Gasteiger partial charge in [-0.1, -0.05) is 32.9 Å². The Kier molecular flexibility index (Phi) is 8.50. The number of benzene rings is 1. The molecule has 0 bridgehead atoms. The van der Waals surface area contributed by atoms with Gasteiger partial charge in [0.05, 0.1) is 0 Å². The summed E-state index contributed by atoms with van der Waals surface area (Å²) in [5.41, 5.74) is 7.06. The molecule has 1 unspecified atom stereocenters. The van der Waals surface area contributed by atoms with Crippen LogP contribution in [0.1, 0.15) is 38.8 Å². The number of hydrogen-bond donors (Lipinski definition) is 1. The summed E-state index contributed by atoms with van der Waals surface area (Å²) in [6, 6.07) is 6.90. The molecule has 4 heteroatoms. The van der Waals surface area contributed by atoms with E-state index in [2.05, 4.69) is 30.6 Å². The first-order chi connectivity index (χ1) is 10.2. The third-order valence-electron chi connectivity index (χ3n) is 4.14. The van der Waals surface area contributed by atoms with Crippen LogP contribution in [0.5, 0.6) is 0 Å². The fourth-order valence-electron chi connectivity index (χ4n) is 2.75. The fraction of sp³-hybridized carbons (Fsp3) is 0.647. The predicted octanol–water partition coefficient (Wildman–Crippen LogP) is 2.88. The summed E-state index contributed by atoms with van der Waals surface area (Å²) in [7, 11) is 0. The molecule has 0 fully saturated rings. The number of hydrogen-bond acceptors (Lipinski definition) is 3. The summed E-state index contributed by atoms with van der Waals surface area (Å²) in [6.45, 7) is 12.4. The van der Waals surface area contributed by atoms with Gasteiger partial charge in [0.15, 0.2) is 0 Å². The van der Waals surface area contributed by atoms with E-state index in [1.807, 2.05) is 12.1 Å². The van der Waals surface area contributed by atoms with Crippen LogP contribution in [-0.2, 0) is 0 Å². The largest absolute Gasteiger partial charge is 0.329 e. The third-order valence-corrected chi connectivity index (χ3v) is 4.14. The zero-order chi connectivity index (χ0) is 15.7. The van der Waals surface area contributed by atoms with E-state index in [0.29, 0.717) is 6.54 Å². The van der Waals surface area contributed by atoms with E-state index in [1.165, 1.54) is 12.1 Å². The van der Waals surface area contributed by atoms with Crippen molar-refractivity contribution in [2.45, 2.75) is 33.2 Å². The standard InChI is InChI=1S/C17H30FN3/c1-4-20(5-2)12-7-13-21(6-3)17(14-19)15-8-10-16(18)11-9-15/h8-11,17H,4-7,12-14,19H2,1-3H3. The lowest BCUT2D eigenvalue weighted by Gasteiger charge is -2.31. The second-order valence-corrected chi connectivity index (χ2v) is 5.31. The SMILES string of the molecule is CCN(CC)CCCN(CC)C(CN)c1ccc(F)cc1. The van der Waals surface area contributed by atoms with E-state index in [9.17, 15) is 4.39 Å². The maximum Gasteiger partial charge on any atom is 0.123 e. The average molecular weight is 295 g/mol. The summed E-state index contributed by atoms with van der Waals surface area (Å²) in [4.78, 5) is 4.82. The molecule has 0 aliphatic carbocycles. The first-order valence-corrected chi connectivity index (χ1v) is 8.08. The van der Waals surface area contributed by atoms with Gasteiger partial charge in [-0.15, -0.1) is 0 Å². The second-order valence-electron chi connectivity index (χ2n) is 5.31. The highest BCUT2D eigenvalue weighted by molar-refractivity contribution is 5.20. The fourth-order valence-corrected chi connectivity index (χ4v) is 2.75. The highest BCUT2D eigenvalue weighted by Crippen LogP contribution is 2.20. The smallest absolute Gasteiger partial charge is 0.123 e. The molecule has 0 amide bonds. The van der Waals surface area contributed by atoms with Crippen LogP contribution in [0.3, 0.4) is 0 Å². The molecule has 0 saturated heterocycles. The quantitative estimate of drug-likeness (QED) is 0.720. The molecule has 2 N–H and O–H groups in total. The van der Waals surface area contributed by atoms with Crippen LogP contribution < -0.4 is 5.73 Å². The van der Waals surface area contributed by atoms with Gasteiger partial charge in [0.25, 0.3) is 0 Å². The number of nitrogens with two attached hydrogens (primary N) is 1. The van der Waals surface area contributed by atoms with E-state index in [0.717, 1.165) is 44.7 Å². The molecule has 1 atom stereocenters. The van der Waals surface area contributed by atoms with E-state index < -0.39 is 0 Å². The Labute approximate surface area is 128 Å². The monoisotopic (exact) mass is 295 g/mol. The van der Waals surface area contributed by atoms with Crippen LogP contribution in [0.2, 0.25) is 0 Å². The molecule has 0 aliphatic rings. The van der Waals surface area contributed by atoms with E-state index in [-0.39, 0.29) is 11.9 Å². The Morgan fingerprint density at radius 1 is 1.00 bits per heavy atom. The van der Waals surface area contributed by atoms with E-state index in [1.54, 1.807) is 0 Å². The van der Waals surface area contributed by atoms with Gasteiger partial charge in [0.1, 0.15) is 5.82 Å². The molecule has 0 spiro atoms. The topological polar surface area (TPSA) is 32.5 Å². The molecule has 0 aromatic heterocycles. The van der Waals surface area contributed by atoms with Gasteiger partial charge < -0.3 is 10.6 Å². The molecule has 0 aliphatic heterocycles. The van der Waals surface area contributed by atoms with Gasteiger partial charge in [0, 0.05) is 19.1 Å². The minimum Gasteiger partial charge on any atom is -0.329 e. The lowest BCUT2D eigenvalue weighted by molar-refractivity contribution is 0.193. The molecule has 0 radical (unpaired) electrons. The predicted molar refractivity (Wildman–Crippen MR) is 87.8 cm³/mol. The molecule has 21 heavy (non-hydrogen) atoms. The van der Waals surface area contributed by atoms with Gasteiger partial charge >= 0.3 is 0 Å². The summed E-state index contributed by atoms with van der Waals surface area (Å²) < 4.78 is 13.1. The maximum atomic E-state index is 13.1. The Morgan fingerprint density at radius 3 is 2.10 bits per heavy atom. The van der Waals surface area contributed by atoms with Crippen molar-refractivity contribution in [2.75, 3.05) is 39.3 Å². The normalized spacial score (nSPS) is 13.1. The van der Waals surface area contributed by atoms with E-state index in [4.69, 9.17) is 5.73 Å². The number of halogens is 1. The first kappa shape index (κ1) is 18.1. The lowest BCUT2D eigenvalue weighted by atomic mass is 10.0. The molecule has 120 valence electrons. The summed E-state index contributed by atoms with van der Waals surface area (Å²) in [6.07, 6.45) is 1.13. The van der Waals surface area contributed by atoms with Gasteiger partial charge in [0.2, 0.25) is 0 Å². The van der Waals surface area contributed by atoms with Crippen LogP contribution in [0.15, 0.2) is 24.3 Å². The Morgan fingerprint density at radius 2 is 1.62 bits per heavy atom. The molecule has 0 heterocycles. The second kappa shape index (κ2) is 9.87. The maximum absolute atomic E-state index is 13.1. The summed E-state index contributed by atoms with van der Waals surface area (Å²) in [5.74, 6) is -0.195. The van der Waals surface area contributed by atoms with Crippen LogP contribution >= 0.6 is 0 Å². The molecule has 3 nitrogen and oxygen atoms in total. The van der Waals surface area contributed by atoms with Crippen molar-refractivity contribution in [3.8, 4) is 0 Å². The van der Waals surface area contributed by atoms with E-state index >= 15 is 0 Å². The van der Waals surface area contributed by atoms with Crippen molar-refractivity contribution in [3.05, 3.63) is 35.6 Å². The molecule has 1 aromatic rings. The van der Waals surface area contributed by atoms with Gasteiger partial charge in [-0.3, -0.25) is 4.90 Å². The van der Waals surface area contributed by atoms with Crippen molar-refractivity contribution < 1.29 is 4.39 Å². The van der Waals surface area contributed by atoms with Crippen LogP contribution in [0.4, 0.5) is 4.39 Å². The van der Waals surface area contributed by atoms with Gasteiger partial charge in [-0.2, -0.15) is 0 Å². The summed E-state index contributed by atoms with van der Waals surface area (Å²) in [5, 5.41) is 0. The molecule has 1 aromatic carbocycles. The van der Waals surface area contributed by atoms with Crippen molar-refractivity contribution in [3.63, 3.8) is 0 Å². The Balaban J connectivity index is 2.61. The lowest BCUT2D eigenvalue weighted by Crippen LogP contribution is -2.36.